The van der Waals surface area contributed by atoms with Gasteiger partial charge >= 0.3 is 0 Å². The van der Waals surface area contributed by atoms with E-state index in [1.807, 2.05) is 19.1 Å². The second-order valence-electron chi connectivity index (χ2n) is 10.8. The Morgan fingerprint density at radius 3 is 2.32 bits per heavy atom. The minimum Gasteiger partial charge on any atom is -0.298 e. The van der Waals surface area contributed by atoms with Crippen LogP contribution in [0, 0.1) is 12.7 Å². The summed E-state index contributed by atoms with van der Waals surface area (Å²) in [5.41, 5.74) is 4.32. The van der Waals surface area contributed by atoms with Crippen LogP contribution in [0.1, 0.15) is 50.8 Å². The number of halogens is 3. The van der Waals surface area contributed by atoms with Crippen LogP contribution in [0.4, 0.5) is 4.39 Å². The summed E-state index contributed by atoms with van der Waals surface area (Å²) in [6.07, 6.45) is 1.91. The van der Waals surface area contributed by atoms with E-state index in [-0.39, 0.29) is 17.0 Å². The molecule has 1 aliphatic rings. The van der Waals surface area contributed by atoms with Crippen LogP contribution in [0.5, 0.6) is 0 Å². The Hall–Kier alpha value is -2.73. The number of rotatable bonds is 3. The highest BCUT2D eigenvalue weighted by atomic mass is 35.5. The molecule has 2 aromatic carbocycles. The topological polar surface area (TPSA) is 38.1 Å². The summed E-state index contributed by atoms with van der Waals surface area (Å²) in [5.74, 6) is -0.178. The van der Waals surface area contributed by atoms with Crippen molar-refractivity contribution >= 4 is 34.2 Å². The number of para-hydroxylation sites is 1. The molecule has 0 radical (unpaired) electrons. The number of benzene rings is 2. The van der Waals surface area contributed by atoms with E-state index < -0.39 is 5.82 Å². The van der Waals surface area contributed by atoms with Crippen LogP contribution in [0.25, 0.3) is 27.8 Å². The van der Waals surface area contributed by atoms with Gasteiger partial charge in [-0.2, -0.15) is 0 Å². The van der Waals surface area contributed by atoms with E-state index >= 15 is 0 Å². The van der Waals surface area contributed by atoms with Gasteiger partial charge in [-0.05, 0) is 101 Å². The number of hydrogen-bond acceptors (Lipinski definition) is 3. The molecule has 1 saturated heterocycles. The fourth-order valence-corrected chi connectivity index (χ4v) is 5.91. The van der Waals surface area contributed by atoms with E-state index in [2.05, 4.69) is 31.7 Å². The van der Waals surface area contributed by atoms with Gasteiger partial charge in [-0.1, -0.05) is 35.3 Å². The van der Waals surface area contributed by atoms with Crippen molar-refractivity contribution in [1.82, 2.24) is 14.5 Å². The summed E-state index contributed by atoms with van der Waals surface area (Å²) in [4.78, 5) is 20.9. The van der Waals surface area contributed by atoms with Crippen molar-refractivity contribution in [2.45, 2.75) is 52.0 Å². The van der Waals surface area contributed by atoms with E-state index in [0.29, 0.717) is 26.9 Å². The molecule has 0 aliphatic carbocycles. The molecule has 0 atom stereocenters. The smallest absolute Gasteiger partial charge is 0.256 e. The maximum absolute atomic E-state index is 13.9. The third kappa shape index (κ3) is 4.93. The van der Waals surface area contributed by atoms with Crippen LogP contribution < -0.4 is 5.56 Å². The molecule has 0 spiro atoms. The predicted molar refractivity (Wildman–Crippen MR) is 151 cm³/mol. The van der Waals surface area contributed by atoms with Crippen molar-refractivity contribution in [3.63, 3.8) is 0 Å². The Morgan fingerprint density at radius 1 is 0.946 bits per heavy atom. The van der Waals surface area contributed by atoms with Crippen LogP contribution in [-0.4, -0.2) is 33.1 Å². The van der Waals surface area contributed by atoms with Crippen LogP contribution in [0.3, 0.4) is 0 Å². The molecule has 0 unspecified atom stereocenters. The fourth-order valence-electron chi connectivity index (χ4n) is 5.34. The van der Waals surface area contributed by atoms with Gasteiger partial charge in [-0.25, -0.2) is 9.37 Å². The first-order chi connectivity index (χ1) is 17.5. The average Bonchev–Trinajstić information content (AvgIpc) is 2.84. The zero-order chi connectivity index (χ0) is 26.5. The molecular weight excluding hydrogens is 508 g/mol. The third-order valence-corrected chi connectivity index (χ3v) is 8.00. The SMILES string of the molecule is Cc1cccc(Cl)c1-n1c(=O)ccc2c(-c3ccc(F)cc3Cl)cc(C3CCN(C(C)(C)C)CC3)nc21. The zero-order valence-electron chi connectivity index (χ0n) is 21.5. The number of likely N-dealkylation sites (tertiary alicyclic amines) is 1. The van der Waals surface area contributed by atoms with Crippen LogP contribution in [0.2, 0.25) is 10.0 Å². The highest BCUT2D eigenvalue weighted by molar-refractivity contribution is 6.34. The second kappa shape index (κ2) is 9.86. The van der Waals surface area contributed by atoms with E-state index in [1.54, 1.807) is 22.8 Å². The molecule has 1 aliphatic heterocycles. The van der Waals surface area contributed by atoms with E-state index in [4.69, 9.17) is 28.2 Å². The lowest BCUT2D eigenvalue weighted by Crippen LogP contribution is -2.45. The average molecular weight is 538 g/mol. The zero-order valence-corrected chi connectivity index (χ0v) is 23.0. The lowest BCUT2D eigenvalue weighted by molar-refractivity contribution is 0.102. The number of pyridine rings is 2. The normalized spacial score (nSPS) is 15.4. The molecule has 0 amide bonds. The summed E-state index contributed by atoms with van der Waals surface area (Å²) in [6, 6.07) is 15.3. The third-order valence-electron chi connectivity index (χ3n) is 7.38. The van der Waals surface area contributed by atoms with Crippen molar-refractivity contribution < 1.29 is 4.39 Å². The van der Waals surface area contributed by atoms with Gasteiger partial charge in [0.05, 0.1) is 15.7 Å². The Balaban J connectivity index is 1.77. The number of aromatic nitrogens is 2. The molecule has 5 rings (SSSR count). The number of piperidine rings is 1. The van der Waals surface area contributed by atoms with Crippen LogP contribution in [0.15, 0.2) is 59.4 Å². The van der Waals surface area contributed by atoms with Crippen molar-refractivity contribution in [3.05, 3.63) is 92.1 Å². The van der Waals surface area contributed by atoms with Gasteiger partial charge in [0.25, 0.3) is 5.56 Å². The van der Waals surface area contributed by atoms with E-state index in [0.717, 1.165) is 48.1 Å². The minimum atomic E-state index is -0.398. The monoisotopic (exact) mass is 537 g/mol. The number of hydrogen-bond donors (Lipinski definition) is 0. The Bertz CT molecular complexity index is 1530. The Kier molecular flexibility index (Phi) is 6.90. The first kappa shape index (κ1) is 25.9. The Labute approximate surface area is 226 Å². The first-order valence-corrected chi connectivity index (χ1v) is 13.3. The number of fused-ring (bicyclic) bond motifs is 1. The Morgan fingerprint density at radius 2 is 1.68 bits per heavy atom. The first-order valence-electron chi connectivity index (χ1n) is 12.6. The van der Waals surface area contributed by atoms with Crippen molar-refractivity contribution in [2.24, 2.45) is 0 Å². The number of nitrogens with zero attached hydrogens (tertiary/aromatic N) is 3. The van der Waals surface area contributed by atoms with Gasteiger partial charge < -0.3 is 0 Å². The highest BCUT2D eigenvalue weighted by Crippen LogP contribution is 2.38. The summed E-state index contributed by atoms with van der Waals surface area (Å²) in [7, 11) is 0. The molecule has 192 valence electrons. The lowest BCUT2D eigenvalue weighted by atomic mass is 9.88. The molecule has 0 bridgehead atoms. The van der Waals surface area contributed by atoms with Gasteiger partial charge in [-0.3, -0.25) is 14.3 Å². The van der Waals surface area contributed by atoms with Gasteiger partial charge in [0.2, 0.25) is 0 Å². The maximum atomic E-state index is 13.9. The molecule has 37 heavy (non-hydrogen) atoms. The predicted octanol–water partition coefficient (Wildman–Crippen LogP) is 7.78. The maximum Gasteiger partial charge on any atom is 0.256 e. The summed E-state index contributed by atoms with van der Waals surface area (Å²) in [6.45, 7) is 10.6. The summed E-state index contributed by atoms with van der Waals surface area (Å²) in [5, 5.41) is 1.54. The highest BCUT2D eigenvalue weighted by Gasteiger charge is 2.29. The van der Waals surface area contributed by atoms with Crippen molar-refractivity contribution in [1.29, 1.82) is 0 Å². The second-order valence-corrected chi connectivity index (χ2v) is 11.6. The van der Waals surface area contributed by atoms with Gasteiger partial charge in [0.1, 0.15) is 11.5 Å². The molecule has 7 heteroatoms. The van der Waals surface area contributed by atoms with Gasteiger partial charge in [0.15, 0.2) is 0 Å². The fraction of sp³-hybridized carbons (Fsp3) is 0.333. The lowest BCUT2D eigenvalue weighted by Gasteiger charge is -2.40. The molecule has 3 heterocycles. The molecule has 4 nitrogen and oxygen atoms in total. The molecule has 0 saturated carbocycles. The largest absolute Gasteiger partial charge is 0.298 e. The quantitative estimate of drug-likeness (QED) is 0.267. The van der Waals surface area contributed by atoms with E-state index in [9.17, 15) is 9.18 Å². The van der Waals surface area contributed by atoms with Gasteiger partial charge in [0, 0.05) is 34.2 Å². The molecule has 2 aromatic heterocycles. The van der Waals surface area contributed by atoms with Crippen LogP contribution in [-0.2, 0) is 0 Å². The standard InChI is InChI=1S/C30H30Cl2FN3O/c1-18-6-5-7-24(31)28(18)36-27(37)11-10-22-23(21-9-8-20(33)16-25(21)32)17-26(34-29(22)36)19-12-14-35(15-13-19)30(2,3)4/h5-11,16-17,19H,12-15H2,1-4H3. The minimum absolute atomic E-state index is 0.108. The molecule has 1 fully saturated rings. The molecule has 4 aromatic rings. The van der Waals surface area contributed by atoms with Crippen molar-refractivity contribution in [3.8, 4) is 16.8 Å². The summed E-state index contributed by atoms with van der Waals surface area (Å²) < 4.78 is 15.5. The van der Waals surface area contributed by atoms with Crippen molar-refractivity contribution in [2.75, 3.05) is 13.1 Å². The van der Waals surface area contributed by atoms with Crippen LogP contribution >= 0.6 is 23.2 Å². The van der Waals surface area contributed by atoms with E-state index in [1.165, 1.54) is 18.2 Å². The molecule has 0 N–H and O–H groups in total. The van der Waals surface area contributed by atoms with Gasteiger partial charge in [-0.15, -0.1) is 0 Å². The summed E-state index contributed by atoms with van der Waals surface area (Å²) >= 11 is 13.2. The molecular formula is C30H30Cl2FN3O. The number of aryl methyl sites for hydroxylation is 1.